The van der Waals surface area contributed by atoms with Crippen LogP contribution in [0.25, 0.3) is 5.69 Å². The summed E-state index contributed by atoms with van der Waals surface area (Å²) in [7, 11) is 3.18. The second-order valence-corrected chi connectivity index (χ2v) is 11.4. The fourth-order valence-corrected chi connectivity index (χ4v) is 6.74. The molecule has 0 bridgehead atoms. The van der Waals surface area contributed by atoms with Gasteiger partial charge in [0.2, 0.25) is 0 Å². The Balaban J connectivity index is 1.37. The summed E-state index contributed by atoms with van der Waals surface area (Å²) in [5.41, 5.74) is 3.29. The van der Waals surface area contributed by atoms with Crippen molar-refractivity contribution in [1.82, 2.24) is 40.2 Å². The minimum absolute atomic E-state index is 0.0373. The van der Waals surface area contributed by atoms with Crippen molar-refractivity contribution in [2.24, 2.45) is 0 Å². The quantitative estimate of drug-likeness (QED) is 0.334. The first-order chi connectivity index (χ1) is 21.8. The molecule has 0 saturated carbocycles. The van der Waals surface area contributed by atoms with E-state index in [1.807, 2.05) is 17.0 Å². The zero-order valence-corrected chi connectivity index (χ0v) is 25.1. The number of methoxy groups -OCH3 is 1. The van der Waals surface area contributed by atoms with Crippen LogP contribution < -0.4 is 10.1 Å². The number of urea groups is 1. The van der Waals surface area contributed by atoms with Gasteiger partial charge in [0.1, 0.15) is 5.75 Å². The number of aromatic nitrogens is 4. The van der Waals surface area contributed by atoms with Crippen molar-refractivity contribution in [2.45, 2.75) is 30.7 Å². The minimum Gasteiger partial charge on any atom is -0.496 e. The van der Waals surface area contributed by atoms with E-state index in [0.29, 0.717) is 48.7 Å². The van der Waals surface area contributed by atoms with E-state index >= 15 is 0 Å². The largest absolute Gasteiger partial charge is 0.496 e. The zero-order valence-electron chi connectivity index (χ0n) is 25.1. The smallest absolute Gasteiger partial charge is 0.453 e. The summed E-state index contributed by atoms with van der Waals surface area (Å²) in [5.74, 6) is -0.594. The molecule has 2 amide bonds. The molecule has 0 spiro atoms. The predicted octanol–water partition coefficient (Wildman–Crippen LogP) is 4.03. The first-order valence-electron chi connectivity index (χ1n) is 14.8. The van der Waals surface area contributed by atoms with E-state index in [9.17, 15) is 18.0 Å². The molecule has 1 aromatic heterocycles. The van der Waals surface area contributed by atoms with E-state index in [-0.39, 0.29) is 29.7 Å². The fourth-order valence-electron chi connectivity index (χ4n) is 6.74. The number of nitrogens with zero attached hydrogens (tertiary/aromatic N) is 7. The van der Waals surface area contributed by atoms with Crippen molar-refractivity contribution in [2.75, 3.05) is 46.9 Å². The molecule has 2 saturated heterocycles. The molecule has 2 aliphatic rings. The number of hydrogen-bond donors (Lipinski definition) is 1. The molecule has 1 N–H and O–H groups in total. The van der Waals surface area contributed by atoms with Gasteiger partial charge in [-0.05, 0) is 39.8 Å². The number of halogens is 3. The molecule has 3 heterocycles. The first-order valence-corrected chi connectivity index (χ1v) is 14.8. The van der Waals surface area contributed by atoms with Gasteiger partial charge in [-0.15, -0.1) is 5.10 Å². The number of carbonyl (C=O) groups excluding carboxylic acids is 1. The summed E-state index contributed by atoms with van der Waals surface area (Å²) in [6, 6.07) is 25.7. The number of hydrogen-bond acceptors (Lipinski definition) is 7. The number of benzene rings is 3. The summed E-state index contributed by atoms with van der Waals surface area (Å²) in [5, 5.41) is 12.8. The summed E-state index contributed by atoms with van der Waals surface area (Å²) in [4.78, 5) is 19.4. The van der Waals surface area contributed by atoms with Crippen molar-refractivity contribution in [3.63, 3.8) is 0 Å². The van der Waals surface area contributed by atoms with Crippen LogP contribution in [-0.2, 0) is 12.7 Å². The van der Waals surface area contributed by atoms with E-state index in [2.05, 4.69) is 79.2 Å². The van der Waals surface area contributed by atoms with Gasteiger partial charge in [0.15, 0.2) is 0 Å². The lowest BCUT2D eigenvalue weighted by molar-refractivity contribution is -0.146. The Morgan fingerprint density at radius 1 is 0.978 bits per heavy atom. The third-order valence-electron chi connectivity index (χ3n) is 8.70. The maximum Gasteiger partial charge on any atom is 0.453 e. The lowest BCUT2D eigenvalue weighted by Gasteiger charge is -2.53. The predicted molar refractivity (Wildman–Crippen MR) is 161 cm³/mol. The van der Waals surface area contributed by atoms with Crippen molar-refractivity contribution in [1.29, 1.82) is 0 Å². The van der Waals surface area contributed by atoms with Crippen molar-refractivity contribution >= 4 is 6.03 Å². The van der Waals surface area contributed by atoms with Crippen LogP contribution in [0.3, 0.4) is 0 Å². The number of alkyl halides is 3. The summed E-state index contributed by atoms with van der Waals surface area (Å²) in [6.07, 6.45) is -4.71. The van der Waals surface area contributed by atoms with Crippen LogP contribution in [0.2, 0.25) is 0 Å². The van der Waals surface area contributed by atoms with Crippen molar-refractivity contribution < 1.29 is 22.7 Å². The van der Waals surface area contributed by atoms with E-state index < -0.39 is 12.0 Å². The highest BCUT2D eigenvalue weighted by Crippen LogP contribution is 2.37. The normalized spacial score (nSPS) is 19.4. The Morgan fingerprint density at radius 2 is 1.67 bits per heavy atom. The SMILES string of the molecule is CNC(=O)N1CCN2[C@H](CN(Cc3cc(-n4nnnc4C(F)(F)F)ccc3OC)C[C@H]2C(c2ccccc2)c2ccccc2)C1. The molecule has 236 valence electrons. The average Bonchev–Trinajstić information content (AvgIpc) is 3.57. The number of ether oxygens (including phenoxy) is 1. The highest BCUT2D eigenvalue weighted by atomic mass is 19.4. The lowest BCUT2D eigenvalue weighted by Crippen LogP contribution is -2.67. The molecule has 2 atom stereocenters. The molecule has 6 rings (SSSR count). The standard InChI is InChI=1S/C32H35F3N8O2/c1-36-31(44)41-15-16-42-26(20-41)19-40(21-27(42)29(22-9-5-3-6-10-22)23-11-7-4-8-12-23)18-24-17-25(13-14-28(24)45-2)43-30(32(33,34)35)37-38-39-43/h3-14,17,26-27,29H,15-16,18-21H2,1-2H3,(H,36,44)/t26-,27+/m1/s1. The Hall–Kier alpha value is -4.49. The number of rotatable bonds is 7. The third-order valence-corrected chi connectivity index (χ3v) is 8.70. The topological polar surface area (TPSA) is 91.7 Å². The number of amides is 2. The number of piperazine rings is 2. The molecule has 0 radical (unpaired) electrons. The summed E-state index contributed by atoms with van der Waals surface area (Å²) >= 11 is 0. The Morgan fingerprint density at radius 3 is 2.29 bits per heavy atom. The molecule has 13 heteroatoms. The molecule has 2 aliphatic heterocycles. The van der Waals surface area contributed by atoms with Gasteiger partial charge >= 0.3 is 12.2 Å². The van der Waals surface area contributed by atoms with Gasteiger partial charge in [-0.25, -0.2) is 4.79 Å². The van der Waals surface area contributed by atoms with E-state index in [1.54, 1.807) is 26.3 Å². The molecule has 0 aliphatic carbocycles. The van der Waals surface area contributed by atoms with Gasteiger partial charge in [-0.3, -0.25) is 9.80 Å². The Bertz CT molecular complexity index is 1560. The zero-order chi connectivity index (χ0) is 31.6. The highest BCUT2D eigenvalue weighted by Gasteiger charge is 2.43. The molecule has 45 heavy (non-hydrogen) atoms. The molecular formula is C32H35F3N8O2. The number of tetrazole rings is 1. The van der Waals surface area contributed by atoms with E-state index in [0.717, 1.165) is 6.54 Å². The monoisotopic (exact) mass is 620 g/mol. The van der Waals surface area contributed by atoms with Crippen LogP contribution in [0.15, 0.2) is 78.9 Å². The van der Waals surface area contributed by atoms with Crippen molar-refractivity contribution in [3.8, 4) is 11.4 Å². The second kappa shape index (κ2) is 12.9. The van der Waals surface area contributed by atoms with Crippen LogP contribution >= 0.6 is 0 Å². The van der Waals surface area contributed by atoms with Crippen LogP contribution in [0.1, 0.15) is 28.4 Å². The third kappa shape index (κ3) is 6.36. The van der Waals surface area contributed by atoms with Gasteiger partial charge in [-0.1, -0.05) is 60.7 Å². The first kappa shape index (κ1) is 30.5. The molecule has 3 aromatic carbocycles. The highest BCUT2D eigenvalue weighted by molar-refractivity contribution is 5.74. The lowest BCUT2D eigenvalue weighted by atomic mass is 9.81. The molecular weight excluding hydrogens is 585 g/mol. The van der Waals surface area contributed by atoms with Crippen LogP contribution in [0.4, 0.5) is 18.0 Å². The van der Waals surface area contributed by atoms with Gasteiger partial charge in [0.25, 0.3) is 5.82 Å². The van der Waals surface area contributed by atoms with Crippen LogP contribution in [0.5, 0.6) is 5.75 Å². The van der Waals surface area contributed by atoms with Gasteiger partial charge < -0.3 is 15.0 Å². The Kier molecular flexibility index (Phi) is 8.72. The summed E-state index contributed by atoms with van der Waals surface area (Å²) in [6.45, 7) is 3.66. The second-order valence-electron chi connectivity index (χ2n) is 11.4. The van der Waals surface area contributed by atoms with Crippen LogP contribution in [0, 0.1) is 0 Å². The average molecular weight is 621 g/mol. The molecule has 4 aromatic rings. The van der Waals surface area contributed by atoms with Gasteiger partial charge in [0.05, 0.1) is 12.8 Å². The van der Waals surface area contributed by atoms with E-state index in [4.69, 9.17) is 4.74 Å². The Labute approximate surface area is 259 Å². The maximum absolute atomic E-state index is 13.6. The number of nitrogens with one attached hydrogen (secondary N) is 1. The van der Waals surface area contributed by atoms with Gasteiger partial charge in [0, 0.05) is 69.9 Å². The molecule has 2 fully saturated rings. The number of fused-ring (bicyclic) bond motifs is 1. The maximum atomic E-state index is 13.6. The van der Waals surface area contributed by atoms with Gasteiger partial charge in [-0.2, -0.15) is 17.9 Å². The van der Waals surface area contributed by atoms with Crippen LogP contribution in [-0.4, -0.2) is 99.9 Å². The van der Waals surface area contributed by atoms with E-state index in [1.165, 1.54) is 17.2 Å². The molecule has 10 nitrogen and oxygen atoms in total. The minimum atomic E-state index is -4.71. The summed E-state index contributed by atoms with van der Waals surface area (Å²) < 4.78 is 47.2. The fraction of sp³-hybridized carbons (Fsp3) is 0.375. The number of carbonyl (C=O) groups is 1. The molecule has 0 unspecified atom stereocenters. The van der Waals surface area contributed by atoms with Crippen molar-refractivity contribution in [3.05, 3.63) is 101 Å².